The summed E-state index contributed by atoms with van der Waals surface area (Å²) >= 11 is 0. The molecular weight excluding hydrogens is 288 g/mol. The zero-order valence-corrected chi connectivity index (χ0v) is 13.4. The number of benzene rings is 1. The third kappa shape index (κ3) is 3.80. The number of rotatable bonds is 3. The van der Waals surface area contributed by atoms with Gasteiger partial charge in [0.15, 0.2) is 0 Å². The van der Waals surface area contributed by atoms with E-state index in [0.29, 0.717) is 30.2 Å². The fraction of sp³-hybridized carbons (Fsp3) is 0.579. The van der Waals surface area contributed by atoms with Gasteiger partial charge in [-0.25, -0.2) is 0 Å². The lowest BCUT2D eigenvalue weighted by molar-refractivity contribution is -0.0592. The van der Waals surface area contributed by atoms with Crippen molar-refractivity contribution in [2.24, 2.45) is 16.8 Å². The highest BCUT2D eigenvalue weighted by Crippen LogP contribution is 2.37. The van der Waals surface area contributed by atoms with Crippen LogP contribution in [0.4, 0.5) is 5.69 Å². The molecule has 1 aromatic rings. The first-order valence-corrected chi connectivity index (χ1v) is 8.52. The largest absolute Gasteiger partial charge is 0.393 e. The summed E-state index contributed by atoms with van der Waals surface area (Å²) in [6.45, 7) is -0.134. The summed E-state index contributed by atoms with van der Waals surface area (Å²) in [7, 11) is 0. The Balaban J connectivity index is 1.65. The predicted molar refractivity (Wildman–Crippen MR) is 89.7 cm³/mol. The van der Waals surface area contributed by atoms with Crippen molar-refractivity contribution in [3.05, 3.63) is 29.3 Å². The van der Waals surface area contributed by atoms with Crippen LogP contribution in [0.3, 0.4) is 0 Å². The molecule has 1 heterocycles. The number of aliphatic imine (C=N–C) groups is 1. The molecule has 1 unspecified atom stereocenters. The number of aliphatic hydroxyl groups is 2. The van der Waals surface area contributed by atoms with E-state index < -0.39 is 5.60 Å². The minimum Gasteiger partial charge on any atom is -0.393 e. The summed E-state index contributed by atoms with van der Waals surface area (Å²) in [6, 6.07) is 7.88. The first-order valence-electron chi connectivity index (χ1n) is 8.52. The van der Waals surface area contributed by atoms with Gasteiger partial charge in [0.05, 0.1) is 29.5 Å². The van der Waals surface area contributed by atoms with Gasteiger partial charge >= 0.3 is 0 Å². The average Bonchev–Trinajstić information content (AvgIpc) is 2.77. The number of fused-ring (bicyclic) bond motifs is 1. The topological polar surface area (TPSA) is 76.6 Å². The third-order valence-electron chi connectivity index (χ3n) is 5.27. The van der Waals surface area contributed by atoms with E-state index in [9.17, 15) is 10.2 Å². The van der Waals surface area contributed by atoms with Crippen LogP contribution in [0.15, 0.2) is 23.2 Å². The SMILES string of the molecule is N#Cc1ccc2c(c1)CCC(C[C@H]1CCC[C@@](O)(CO)C1)C=N2. The Kier molecular flexibility index (Phi) is 4.79. The smallest absolute Gasteiger partial charge is 0.0991 e. The lowest BCUT2D eigenvalue weighted by Crippen LogP contribution is -2.39. The second kappa shape index (κ2) is 6.82. The summed E-state index contributed by atoms with van der Waals surface area (Å²) in [6.07, 6.45) is 8.54. The van der Waals surface area contributed by atoms with Crippen LogP contribution in [0.25, 0.3) is 0 Å². The molecule has 23 heavy (non-hydrogen) atoms. The molecule has 1 aromatic carbocycles. The van der Waals surface area contributed by atoms with Crippen LogP contribution >= 0.6 is 0 Å². The van der Waals surface area contributed by atoms with E-state index in [1.54, 1.807) is 0 Å². The van der Waals surface area contributed by atoms with Crippen LogP contribution in [0.2, 0.25) is 0 Å². The highest BCUT2D eigenvalue weighted by Gasteiger charge is 2.34. The Morgan fingerprint density at radius 2 is 2.22 bits per heavy atom. The fourth-order valence-corrected chi connectivity index (χ4v) is 4.00. The van der Waals surface area contributed by atoms with Crippen molar-refractivity contribution in [3.63, 3.8) is 0 Å². The molecule has 3 rings (SSSR count). The molecular formula is C19H24N2O2. The van der Waals surface area contributed by atoms with E-state index in [0.717, 1.165) is 43.4 Å². The molecule has 4 heteroatoms. The van der Waals surface area contributed by atoms with E-state index in [1.165, 1.54) is 0 Å². The molecule has 2 aliphatic rings. The van der Waals surface area contributed by atoms with E-state index >= 15 is 0 Å². The van der Waals surface area contributed by atoms with Gasteiger partial charge in [-0.15, -0.1) is 0 Å². The van der Waals surface area contributed by atoms with Gasteiger partial charge in [-0.3, -0.25) is 4.99 Å². The molecule has 4 nitrogen and oxygen atoms in total. The molecule has 0 spiro atoms. The Labute approximate surface area is 137 Å². The van der Waals surface area contributed by atoms with Crippen LogP contribution in [0, 0.1) is 23.2 Å². The van der Waals surface area contributed by atoms with Crippen LogP contribution in [0.5, 0.6) is 0 Å². The highest BCUT2D eigenvalue weighted by atomic mass is 16.3. The molecule has 3 atom stereocenters. The number of aryl methyl sites for hydroxylation is 1. The third-order valence-corrected chi connectivity index (χ3v) is 5.27. The molecule has 2 N–H and O–H groups in total. The minimum absolute atomic E-state index is 0.134. The second-order valence-electron chi connectivity index (χ2n) is 7.11. The van der Waals surface area contributed by atoms with Gasteiger partial charge in [-0.05, 0) is 67.7 Å². The standard InChI is InChI=1S/C19H24N2O2/c20-11-15-4-6-18-17(9-15)5-3-16(12-21-18)8-14-2-1-7-19(23,10-14)13-22/h4,6,9,12,14,16,22-23H,1-3,5,7-8,10,13H2/t14-,16?,19+/m1/s1. The first kappa shape index (κ1) is 16.2. The van der Waals surface area contributed by atoms with E-state index in [2.05, 4.69) is 11.1 Å². The van der Waals surface area contributed by atoms with Crippen molar-refractivity contribution < 1.29 is 10.2 Å². The number of nitriles is 1. The van der Waals surface area contributed by atoms with Crippen LogP contribution in [-0.4, -0.2) is 28.6 Å². The summed E-state index contributed by atoms with van der Waals surface area (Å²) in [5.74, 6) is 0.854. The molecule has 0 aromatic heterocycles. The van der Waals surface area contributed by atoms with Crippen molar-refractivity contribution in [2.45, 2.75) is 50.5 Å². The van der Waals surface area contributed by atoms with Crippen molar-refractivity contribution in [1.82, 2.24) is 0 Å². The predicted octanol–water partition coefficient (Wildman–Crippen LogP) is 3.13. The minimum atomic E-state index is -0.880. The molecule has 1 aliphatic carbocycles. The van der Waals surface area contributed by atoms with Crippen molar-refractivity contribution in [2.75, 3.05) is 6.61 Å². The molecule has 1 fully saturated rings. The van der Waals surface area contributed by atoms with Gasteiger partial charge < -0.3 is 10.2 Å². The Bertz CT molecular complexity index is 635. The lowest BCUT2D eigenvalue weighted by atomic mass is 9.74. The summed E-state index contributed by atoms with van der Waals surface area (Å²) in [5, 5.41) is 28.7. The monoisotopic (exact) mass is 312 g/mol. The van der Waals surface area contributed by atoms with Crippen LogP contribution in [-0.2, 0) is 6.42 Å². The van der Waals surface area contributed by atoms with Gasteiger partial charge in [0.25, 0.3) is 0 Å². The van der Waals surface area contributed by atoms with Gasteiger partial charge in [0.1, 0.15) is 0 Å². The Hall–Kier alpha value is -1.70. The summed E-state index contributed by atoms with van der Waals surface area (Å²) in [4.78, 5) is 4.62. The maximum absolute atomic E-state index is 10.3. The Morgan fingerprint density at radius 1 is 1.35 bits per heavy atom. The molecule has 1 aliphatic heterocycles. The summed E-state index contributed by atoms with van der Waals surface area (Å²) in [5.41, 5.74) is 1.94. The van der Waals surface area contributed by atoms with Crippen LogP contribution in [0.1, 0.15) is 49.7 Å². The van der Waals surface area contributed by atoms with Crippen molar-refractivity contribution >= 4 is 11.9 Å². The van der Waals surface area contributed by atoms with Gasteiger partial charge in [0, 0.05) is 6.21 Å². The molecule has 122 valence electrons. The van der Waals surface area contributed by atoms with Crippen molar-refractivity contribution in [3.8, 4) is 6.07 Å². The summed E-state index contributed by atoms with van der Waals surface area (Å²) < 4.78 is 0. The quantitative estimate of drug-likeness (QED) is 0.900. The van der Waals surface area contributed by atoms with E-state index in [-0.39, 0.29) is 6.61 Å². The normalized spacial score (nSPS) is 30.3. The number of hydrogen-bond acceptors (Lipinski definition) is 4. The number of nitrogens with zero attached hydrogens (tertiary/aromatic N) is 2. The zero-order valence-electron chi connectivity index (χ0n) is 13.4. The Morgan fingerprint density at radius 3 is 3.00 bits per heavy atom. The fourth-order valence-electron chi connectivity index (χ4n) is 4.00. The second-order valence-corrected chi connectivity index (χ2v) is 7.11. The van der Waals surface area contributed by atoms with Crippen LogP contribution < -0.4 is 0 Å². The maximum atomic E-state index is 10.3. The number of hydrogen-bond donors (Lipinski definition) is 2. The maximum Gasteiger partial charge on any atom is 0.0991 e. The zero-order chi connectivity index (χ0) is 16.3. The van der Waals surface area contributed by atoms with E-state index in [1.807, 2.05) is 24.4 Å². The lowest BCUT2D eigenvalue weighted by Gasteiger charge is -2.36. The molecule has 0 amide bonds. The average molecular weight is 312 g/mol. The van der Waals surface area contributed by atoms with Gasteiger partial charge in [-0.1, -0.05) is 12.8 Å². The molecule has 1 saturated carbocycles. The van der Waals surface area contributed by atoms with Crippen molar-refractivity contribution in [1.29, 1.82) is 5.26 Å². The molecule has 0 radical (unpaired) electrons. The van der Waals surface area contributed by atoms with E-state index in [4.69, 9.17) is 5.26 Å². The first-order chi connectivity index (χ1) is 11.1. The van der Waals surface area contributed by atoms with Gasteiger partial charge in [0.2, 0.25) is 0 Å². The highest BCUT2D eigenvalue weighted by molar-refractivity contribution is 5.69. The molecule has 0 bridgehead atoms. The molecule has 0 saturated heterocycles. The number of aliphatic hydroxyl groups excluding tert-OH is 1. The van der Waals surface area contributed by atoms with Gasteiger partial charge in [-0.2, -0.15) is 5.26 Å².